The van der Waals surface area contributed by atoms with E-state index in [1.807, 2.05) is 52.0 Å². The first-order chi connectivity index (χ1) is 11.3. The second-order valence-corrected chi connectivity index (χ2v) is 8.97. The highest BCUT2D eigenvalue weighted by molar-refractivity contribution is 8.76. The Morgan fingerprint density at radius 2 is 1.08 bits per heavy atom. The highest BCUT2D eigenvalue weighted by Crippen LogP contribution is 2.39. The van der Waals surface area contributed by atoms with Crippen molar-refractivity contribution >= 4 is 21.6 Å². The number of benzene rings is 2. The molecule has 122 valence electrons. The lowest BCUT2D eigenvalue weighted by Crippen LogP contribution is -2.13. The maximum atomic E-state index is 9.29. The first kappa shape index (κ1) is 18.5. The molecule has 0 atom stereocenters. The molecule has 0 saturated heterocycles. The van der Waals surface area contributed by atoms with Crippen LogP contribution in [0.2, 0.25) is 0 Å². The summed E-state index contributed by atoms with van der Waals surface area (Å²) in [5.41, 5.74) is 1.07. The van der Waals surface area contributed by atoms with Gasteiger partial charge in [0.1, 0.15) is 0 Å². The molecule has 0 aliphatic heterocycles. The highest BCUT2D eigenvalue weighted by Gasteiger charge is 2.21. The molecule has 0 aliphatic carbocycles. The standard InChI is InChI=1S/C20H20N2S2/c1-19(2,13-21)15-7-5-9-17(11-15)23-24-18-10-6-8-16(12-18)20(3,4)14-22/h5-12H,1-4H3. The molecular weight excluding hydrogens is 332 g/mol. The number of hydrogen-bond donors (Lipinski definition) is 0. The van der Waals surface area contributed by atoms with Gasteiger partial charge in [0.05, 0.1) is 23.0 Å². The van der Waals surface area contributed by atoms with Crippen LogP contribution >= 0.6 is 21.6 Å². The van der Waals surface area contributed by atoms with Gasteiger partial charge in [-0.1, -0.05) is 45.9 Å². The predicted molar refractivity (Wildman–Crippen MR) is 102 cm³/mol. The van der Waals surface area contributed by atoms with Gasteiger partial charge in [-0.15, -0.1) is 0 Å². The molecule has 2 rings (SSSR count). The van der Waals surface area contributed by atoms with E-state index in [2.05, 4.69) is 36.4 Å². The van der Waals surface area contributed by atoms with Gasteiger partial charge in [-0.05, 0) is 63.1 Å². The van der Waals surface area contributed by atoms with Gasteiger partial charge >= 0.3 is 0 Å². The largest absolute Gasteiger partial charge is 0.197 e. The van der Waals surface area contributed by atoms with Gasteiger partial charge in [-0.2, -0.15) is 10.5 Å². The minimum Gasteiger partial charge on any atom is -0.197 e. The predicted octanol–water partition coefficient (Wildman–Crippen LogP) is 6.09. The molecule has 0 fully saturated rings. The third kappa shape index (κ3) is 4.35. The summed E-state index contributed by atoms with van der Waals surface area (Å²) in [6, 6.07) is 20.9. The lowest BCUT2D eigenvalue weighted by molar-refractivity contribution is 0.684. The van der Waals surface area contributed by atoms with E-state index in [1.54, 1.807) is 21.6 Å². The van der Waals surface area contributed by atoms with Crippen LogP contribution in [0.3, 0.4) is 0 Å². The molecule has 0 aliphatic rings. The van der Waals surface area contributed by atoms with Crippen LogP contribution in [0, 0.1) is 22.7 Å². The zero-order chi connectivity index (χ0) is 17.8. The molecule has 24 heavy (non-hydrogen) atoms. The molecule has 0 amide bonds. The van der Waals surface area contributed by atoms with Crippen LogP contribution in [0.4, 0.5) is 0 Å². The summed E-state index contributed by atoms with van der Waals surface area (Å²) < 4.78 is 0. The average Bonchev–Trinajstić information content (AvgIpc) is 2.60. The van der Waals surface area contributed by atoms with Crippen molar-refractivity contribution in [1.82, 2.24) is 0 Å². The van der Waals surface area contributed by atoms with E-state index in [0.717, 1.165) is 20.9 Å². The molecule has 0 radical (unpaired) electrons. The fourth-order valence-corrected chi connectivity index (χ4v) is 4.11. The molecule has 2 nitrogen and oxygen atoms in total. The molecule has 0 unspecified atom stereocenters. The second-order valence-electron chi connectivity index (χ2n) is 6.70. The van der Waals surface area contributed by atoms with Crippen LogP contribution in [0.15, 0.2) is 58.3 Å². The number of hydrogen-bond acceptors (Lipinski definition) is 4. The Hall–Kier alpha value is -1.88. The maximum absolute atomic E-state index is 9.29. The molecule has 0 aromatic heterocycles. The van der Waals surface area contributed by atoms with E-state index >= 15 is 0 Å². The number of nitriles is 2. The Bertz CT molecular complexity index is 741. The summed E-state index contributed by atoms with van der Waals surface area (Å²) in [7, 11) is 3.33. The molecule has 0 saturated carbocycles. The molecule has 0 heterocycles. The van der Waals surface area contributed by atoms with Crippen molar-refractivity contribution in [1.29, 1.82) is 10.5 Å². The van der Waals surface area contributed by atoms with Crippen LogP contribution in [-0.2, 0) is 10.8 Å². The van der Waals surface area contributed by atoms with Crippen molar-refractivity contribution in [3.63, 3.8) is 0 Å². The van der Waals surface area contributed by atoms with Gasteiger partial charge < -0.3 is 0 Å². The topological polar surface area (TPSA) is 47.6 Å². The van der Waals surface area contributed by atoms with Gasteiger partial charge in [0.2, 0.25) is 0 Å². The van der Waals surface area contributed by atoms with Crippen molar-refractivity contribution in [2.75, 3.05) is 0 Å². The molecule has 0 N–H and O–H groups in total. The van der Waals surface area contributed by atoms with E-state index in [0.29, 0.717) is 0 Å². The third-order valence-electron chi connectivity index (χ3n) is 3.90. The zero-order valence-corrected chi connectivity index (χ0v) is 16.0. The SMILES string of the molecule is CC(C)(C#N)c1cccc(SSc2cccc(C(C)(C)C#N)c2)c1. The van der Waals surface area contributed by atoms with Gasteiger partial charge in [0.25, 0.3) is 0 Å². The van der Waals surface area contributed by atoms with Crippen LogP contribution in [0.1, 0.15) is 38.8 Å². The number of nitrogens with zero attached hydrogens (tertiary/aromatic N) is 2. The van der Waals surface area contributed by atoms with E-state index in [9.17, 15) is 10.5 Å². The van der Waals surface area contributed by atoms with Gasteiger partial charge in [-0.25, -0.2) is 0 Å². The highest BCUT2D eigenvalue weighted by atomic mass is 33.1. The summed E-state index contributed by atoms with van der Waals surface area (Å²) in [6.45, 7) is 7.71. The smallest absolute Gasteiger partial charge is 0.0766 e. The first-order valence-corrected chi connectivity index (χ1v) is 9.81. The molecule has 4 heteroatoms. The van der Waals surface area contributed by atoms with E-state index in [1.165, 1.54) is 0 Å². The summed E-state index contributed by atoms with van der Waals surface area (Å²) in [6.07, 6.45) is 0. The van der Waals surface area contributed by atoms with Crippen LogP contribution < -0.4 is 0 Å². The van der Waals surface area contributed by atoms with Crippen molar-refractivity contribution in [3.8, 4) is 12.1 Å². The van der Waals surface area contributed by atoms with E-state index < -0.39 is 10.8 Å². The van der Waals surface area contributed by atoms with Crippen LogP contribution in [-0.4, -0.2) is 0 Å². The van der Waals surface area contributed by atoms with Crippen LogP contribution in [0.5, 0.6) is 0 Å². The molecular formula is C20H20N2S2. The third-order valence-corrected chi connectivity index (χ3v) is 6.29. The quantitative estimate of drug-likeness (QED) is 0.611. The van der Waals surface area contributed by atoms with Gasteiger partial charge in [0, 0.05) is 9.79 Å². The van der Waals surface area contributed by atoms with E-state index in [-0.39, 0.29) is 0 Å². The maximum Gasteiger partial charge on any atom is 0.0766 e. The van der Waals surface area contributed by atoms with Crippen LogP contribution in [0.25, 0.3) is 0 Å². The summed E-state index contributed by atoms with van der Waals surface area (Å²) in [5, 5.41) is 18.6. The molecule has 2 aromatic carbocycles. The minimum atomic E-state index is -0.488. The lowest BCUT2D eigenvalue weighted by atomic mass is 9.86. The number of rotatable bonds is 5. The summed E-state index contributed by atoms with van der Waals surface area (Å²) in [4.78, 5) is 2.23. The van der Waals surface area contributed by atoms with Gasteiger partial charge in [-0.3, -0.25) is 0 Å². The van der Waals surface area contributed by atoms with Crippen molar-refractivity contribution in [2.24, 2.45) is 0 Å². The van der Waals surface area contributed by atoms with Gasteiger partial charge in [0.15, 0.2) is 0 Å². The van der Waals surface area contributed by atoms with Crippen molar-refractivity contribution < 1.29 is 0 Å². The minimum absolute atomic E-state index is 0.488. The van der Waals surface area contributed by atoms with Crippen molar-refractivity contribution in [2.45, 2.75) is 48.3 Å². The molecule has 0 bridgehead atoms. The average molecular weight is 353 g/mol. The Labute approximate surface area is 152 Å². The normalized spacial score (nSPS) is 11.6. The first-order valence-electron chi connectivity index (χ1n) is 7.66. The lowest BCUT2D eigenvalue weighted by Gasteiger charge is -2.17. The fraction of sp³-hybridized carbons (Fsp3) is 0.300. The Kier molecular flexibility index (Phi) is 5.65. The van der Waals surface area contributed by atoms with E-state index in [4.69, 9.17) is 0 Å². The summed E-state index contributed by atoms with van der Waals surface area (Å²) in [5.74, 6) is 0. The second kappa shape index (κ2) is 7.34. The Morgan fingerprint density at radius 1 is 0.708 bits per heavy atom. The fourth-order valence-electron chi connectivity index (χ4n) is 2.10. The summed E-state index contributed by atoms with van der Waals surface area (Å²) >= 11 is 0. The molecule has 0 spiro atoms. The van der Waals surface area contributed by atoms with Crippen molar-refractivity contribution in [3.05, 3.63) is 59.7 Å². The zero-order valence-electron chi connectivity index (χ0n) is 14.3. The Balaban J connectivity index is 2.16. The monoisotopic (exact) mass is 352 g/mol. The molecule has 2 aromatic rings. The Morgan fingerprint density at radius 3 is 1.42 bits per heavy atom.